The largest absolute Gasteiger partial charge is 0.513 e. The molecule has 0 radical (unpaired) electrons. The molecule has 9 rings (SSSR count). The lowest BCUT2D eigenvalue weighted by atomic mass is 9.81. The number of rotatable bonds is 26. The molecule has 1 aliphatic carbocycles. The van der Waals surface area contributed by atoms with E-state index in [0.717, 1.165) is 17.7 Å². The standard InChI is InChI=1S/C59H54ClF2N7O19/c1-36-42(21-22-63-55(36)81-24-25-82-59(73)88-47-12-4-8-40(28-47)35-85-69(78)79)30-65(43-17-18-43)56(70)52-48(41-15-13-37(14-16-41)9-5-23-80-54-50(62)20-19-49(61)53(54)60)29-44-31-64(57(71)86-45-10-2-6-38(26-45)33-83-67(74)75)32-51(52)66(44)58(72)87-46-11-3-7-39(27-46)34-84-68(76)77/h2-4,6-8,10-16,19-22,26-28,43-44,51H,5,9,17-18,23-25,29-35H2,1H3. The Labute approximate surface area is 503 Å². The number of pyridine rings is 1. The Morgan fingerprint density at radius 1 is 0.682 bits per heavy atom. The highest BCUT2D eigenvalue weighted by Crippen LogP contribution is 2.43. The second kappa shape index (κ2) is 28.7. The number of halogens is 3. The maximum atomic E-state index is 16.0. The molecule has 460 valence electrons. The summed E-state index contributed by atoms with van der Waals surface area (Å²) in [6.07, 6.45) is 0.653. The average Bonchev–Trinajstić information content (AvgIpc) is 1.16. The highest BCUT2D eigenvalue weighted by molar-refractivity contribution is 6.32. The van der Waals surface area contributed by atoms with Gasteiger partial charge in [-0.1, -0.05) is 72.3 Å². The Morgan fingerprint density at radius 3 is 1.85 bits per heavy atom. The fraction of sp³-hybridized carbons (Fsp3) is 0.305. The van der Waals surface area contributed by atoms with Crippen molar-refractivity contribution in [3.8, 4) is 28.9 Å². The molecule has 5 aromatic carbocycles. The highest BCUT2D eigenvalue weighted by atomic mass is 35.5. The Balaban J connectivity index is 1.00. The maximum absolute atomic E-state index is 16.0. The molecule has 1 saturated carbocycles. The summed E-state index contributed by atoms with van der Waals surface area (Å²) in [6, 6.07) is 26.2. The van der Waals surface area contributed by atoms with E-state index in [4.69, 9.17) is 40.0 Å². The SMILES string of the molecule is Cc1c(CN(C(=O)C2=C(c3ccc(CCCOc4c(F)ccc(F)c4Cl)cc3)CC3CN(C(=O)Oc4cccc(CO[N+](=O)[O-])c4)CC2N3C(=O)Oc2cccc(CO[N+](=O)[O-])c2)C2CC2)ccnc1OCCOC(=O)Oc1cccc(CO[N+](=O)[O-])c1. The quantitative estimate of drug-likeness (QED) is 0.0122. The van der Waals surface area contributed by atoms with Crippen molar-refractivity contribution in [3.05, 3.63) is 213 Å². The van der Waals surface area contributed by atoms with Gasteiger partial charge in [0.2, 0.25) is 5.88 Å². The molecule has 0 spiro atoms. The number of nitrogens with zero attached hydrogens (tertiary/aromatic N) is 7. The third kappa shape index (κ3) is 16.3. The van der Waals surface area contributed by atoms with Crippen LogP contribution in [0.25, 0.3) is 5.57 Å². The lowest BCUT2D eigenvalue weighted by molar-refractivity contribution is -0.763. The topological polar surface area (TPSA) is 303 Å². The minimum Gasteiger partial charge on any atom is -0.489 e. The van der Waals surface area contributed by atoms with Crippen LogP contribution >= 0.6 is 11.6 Å². The Hall–Kier alpha value is -10.4. The van der Waals surface area contributed by atoms with E-state index >= 15 is 4.79 Å². The summed E-state index contributed by atoms with van der Waals surface area (Å²) in [4.78, 5) is 113. The molecule has 2 aliphatic heterocycles. The van der Waals surface area contributed by atoms with E-state index < -0.39 is 87.2 Å². The van der Waals surface area contributed by atoms with Gasteiger partial charge in [-0.15, -0.1) is 30.3 Å². The molecule has 1 saturated heterocycles. The minimum absolute atomic E-state index is 0.000365. The highest BCUT2D eigenvalue weighted by Gasteiger charge is 2.50. The third-order valence-electron chi connectivity index (χ3n) is 14.2. The normalized spacial score (nSPS) is 15.1. The number of fused-ring (bicyclic) bond motifs is 2. The molecule has 3 amide bonds. The van der Waals surface area contributed by atoms with Gasteiger partial charge in [0.25, 0.3) is 21.2 Å². The van der Waals surface area contributed by atoms with E-state index in [1.165, 1.54) is 82.7 Å². The minimum atomic E-state index is -1.22. The van der Waals surface area contributed by atoms with Crippen LogP contribution in [0.5, 0.6) is 28.9 Å². The predicted octanol–water partition coefficient (Wildman–Crippen LogP) is 10.2. The van der Waals surface area contributed by atoms with E-state index in [1.54, 1.807) is 24.0 Å². The number of benzene rings is 5. The van der Waals surface area contributed by atoms with Crippen molar-refractivity contribution >= 4 is 41.4 Å². The van der Waals surface area contributed by atoms with Crippen LogP contribution in [0.2, 0.25) is 5.02 Å². The summed E-state index contributed by atoms with van der Waals surface area (Å²) in [5.41, 5.74) is 4.29. The van der Waals surface area contributed by atoms with Crippen LogP contribution in [0.3, 0.4) is 0 Å². The molecule has 26 nitrogen and oxygen atoms in total. The van der Waals surface area contributed by atoms with E-state index in [1.807, 2.05) is 24.3 Å². The first-order valence-electron chi connectivity index (χ1n) is 27.2. The van der Waals surface area contributed by atoms with Crippen LogP contribution in [-0.4, -0.2) is 110 Å². The molecule has 3 aliphatic rings. The van der Waals surface area contributed by atoms with Gasteiger partial charge >= 0.3 is 18.3 Å². The zero-order valence-corrected chi connectivity index (χ0v) is 47.5. The van der Waals surface area contributed by atoms with Crippen molar-refractivity contribution in [2.75, 3.05) is 32.9 Å². The van der Waals surface area contributed by atoms with Crippen LogP contribution in [0.1, 0.15) is 64.6 Å². The molecular formula is C59H54ClF2N7O19. The number of carbonyl (C=O) groups is 4. The van der Waals surface area contributed by atoms with Gasteiger partial charge in [-0.05, 0) is 133 Å². The molecule has 29 heteroatoms. The average molecular weight is 1240 g/mol. The summed E-state index contributed by atoms with van der Waals surface area (Å²) in [5.74, 6) is -2.29. The number of hydrogen-bond donors (Lipinski definition) is 0. The summed E-state index contributed by atoms with van der Waals surface area (Å²) in [7, 11) is 0. The van der Waals surface area contributed by atoms with Crippen LogP contribution in [-0.2, 0) is 56.8 Å². The number of aryl methyl sites for hydroxylation is 1. The van der Waals surface area contributed by atoms with E-state index in [-0.39, 0.29) is 87.2 Å². The summed E-state index contributed by atoms with van der Waals surface area (Å²) in [5, 5.41) is 29.3. The molecule has 3 heterocycles. The van der Waals surface area contributed by atoms with Gasteiger partial charge in [-0.25, -0.2) is 28.1 Å². The zero-order valence-electron chi connectivity index (χ0n) is 46.7. The lowest BCUT2D eigenvalue weighted by Crippen LogP contribution is -2.66. The second-order valence-corrected chi connectivity index (χ2v) is 20.6. The van der Waals surface area contributed by atoms with Gasteiger partial charge in [0.05, 0.1) is 18.7 Å². The number of piperazine rings is 1. The third-order valence-corrected chi connectivity index (χ3v) is 14.6. The van der Waals surface area contributed by atoms with Gasteiger partial charge in [0, 0.05) is 43.0 Å². The zero-order chi connectivity index (χ0) is 62.4. The summed E-state index contributed by atoms with van der Waals surface area (Å²) in [6.45, 7) is -0.403. The predicted molar refractivity (Wildman–Crippen MR) is 301 cm³/mol. The first-order chi connectivity index (χ1) is 42.4. The van der Waals surface area contributed by atoms with Crippen LogP contribution < -0.4 is 23.7 Å². The molecule has 2 unspecified atom stereocenters. The molecular weight excluding hydrogens is 1180 g/mol. The molecule has 6 aromatic rings. The van der Waals surface area contributed by atoms with E-state index in [9.17, 15) is 53.5 Å². The summed E-state index contributed by atoms with van der Waals surface area (Å²) < 4.78 is 62.3. The first kappa shape index (κ1) is 62.2. The molecule has 2 bridgehead atoms. The van der Waals surface area contributed by atoms with Crippen LogP contribution in [0.15, 0.2) is 127 Å². The van der Waals surface area contributed by atoms with Crippen LogP contribution in [0, 0.1) is 48.9 Å². The van der Waals surface area contributed by atoms with Crippen molar-refractivity contribution in [3.63, 3.8) is 0 Å². The first-order valence-corrected chi connectivity index (χ1v) is 27.6. The molecule has 88 heavy (non-hydrogen) atoms. The fourth-order valence-electron chi connectivity index (χ4n) is 9.99. The van der Waals surface area contributed by atoms with Crippen LogP contribution in [0.4, 0.5) is 23.2 Å². The van der Waals surface area contributed by atoms with Crippen molar-refractivity contribution in [2.45, 2.75) is 83.5 Å². The number of carbonyl (C=O) groups excluding carboxylic acids is 4. The number of aromatic nitrogens is 1. The molecule has 1 aromatic heterocycles. The second-order valence-electron chi connectivity index (χ2n) is 20.2. The fourth-order valence-corrected chi connectivity index (χ4v) is 10.2. The van der Waals surface area contributed by atoms with Crippen molar-refractivity contribution in [1.29, 1.82) is 0 Å². The smallest absolute Gasteiger partial charge is 0.489 e. The van der Waals surface area contributed by atoms with Gasteiger partial charge in [0.1, 0.15) is 61.1 Å². The van der Waals surface area contributed by atoms with E-state index in [0.29, 0.717) is 64.6 Å². The molecule has 2 atom stereocenters. The van der Waals surface area contributed by atoms with Crippen molar-refractivity contribution in [2.24, 2.45) is 0 Å². The Kier molecular flexibility index (Phi) is 20.3. The lowest BCUT2D eigenvalue weighted by Gasteiger charge is -2.50. The van der Waals surface area contributed by atoms with Gasteiger partial charge in [0.15, 0.2) is 11.6 Å². The molecule has 0 N–H and O–H groups in total. The Morgan fingerprint density at radius 2 is 1.26 bits per heavy atom. The number of amides is 3. The number of ether oxygens (including phenoxy) is 6. The maximum Gasteiger partial charge on any atom is 0.513 e. The van der Waals surface area contributed by atoms with Gasteiger partial charge < -0.3 is 52.7 Å². The van der Waals surface area contributed by atoms with Gasteiger partial charge in [-0.3, -0.25) is 9.69 Å². The molecule has 2 fully saturated rings. The summed E-state index contributed by atoms with van der Waals surface area (Å²) >= 11 is 5.97. The monoisotopic (exact) mass is 1240 g/mol. The number of hydrogen-bond acceptors (Lipinski definition) is 20. The van der Waals surface area contributed by atoms with Crippen molar-refractivity contribution < 1.29 is 86.2 Å². The van der Waals surface area contributed by atoms with Crippen molar-refractivity contribution in [1.82, 2.24) is 19.7 Å². The Bertz CT molecular complexity index is 3630. The van der Waals surface area contributed by atoms with E-state index in [2.05, 4.69) is 19.5 Å². The van der Waals surface area contributed by atoms with Gasteiger partial charge in [-0.2, -0.15) is 0 Å².